The van der Waals surface area contributed by atoms with Gasteiger partial charge < -0.3 is 37.8 Å². The molecule has 38 heteroatoms. The van der Waals surface area contributed by atoms with Crippen molar-refractivity contribution < 1.29 is 212 Å². The van der Waals surface area contributed by atoms with Crippen LogP contribution in [0.4, 0.5) is 0 Å². The van der Waals surface area contributed by atoms with Crippen molar-refractivity contribution in [3.63, 3.8) is 0 Å². The van der Waals surface area contributed by atoms with Crippen LogP contribution in [-0.2, 0) is 134 Å². The van der Waals surface area contributed by atoms with Gasteiger partial charge >= 0.3 is 93.3 Å². The van der Waals surface area contributed by atoms with Crippen molar-refractivity contribution in [3.8, 4) is 0 Å². The largest absolute Gasteiger partial charge is 3.00 e. The van der Waals surface area contributed by atoms with Crippen LogP contribution < -0.4 is 59.1 Å². The normalized spacial score (nSPS) is 12.2. The Hall–Kier alpha value is 2.33. The zero-order chi connectivity index (χ0) is 28.8. The Morgan fingerprint density at radius 2 is 0.500 bits per heavy atom. The third kappa shape index (κ3) is 98.1. The minimum absolute atomic E-state index is 0. The molecule has 1 atom stereocenters. The summed E-state index contributed by atoms with van der Waals surface area (Å²) in [4.78, 5) is 0. The third-order valence-electron chi connectivity index (χ3n) is 0.583. The molecule has 224 valence electrons. The van der Waals surface area contributed by atoms with E-state index < -0.39 is 73.8 Å². The van der Waals surface area contributed by atoms with E-state index >= 15 is 0 Å². The van der Waals surface area contributed by atoms with Gasteiger partial charge in [-0.1, -0.05) is 0 Å². The molecule has 0 spiro atoms. The van der Waals surface area contributed by atoms with Gasteiger partial charge in [-0.05, 0) is 0 Å². The van der Waals surface area contributed by atoms with Crippen molar-refractivity contribution >= 4 is 73.8 Å². The smallest absolute Gasteiger partial charge is 1.00 e. The Bertz CT molecular complexity index is 1000. The second kappa shape index (κ2) is 25.8. The van der Waals surface area contributed by atoms with E-state index in [1.165, 1.54) is 0 Å². The molecule has 0 aliphatic carbocycles. The molecule has 1 N–H and O–H groups in total. The van der Waals surface area contributed by atoms with Gasteiger partial charge in [0, 0.05) is 0 Å². The Balaban J connectivity index is -0.0000000436. The molecule has 0 aromatic carbocycles. The molecule has 0 aliphatic rings. The molecule has 0 aliphatic heterocycles. The van der Waals surface area contributed by atoms with Crippen LogP contribution in [0.3, 0.4) is 0 Å². The Morgan fingerprint density at radius 3 is 0.526 bits per heavy atom. The van der Waals surface area contributed by atoms with E-state index in [-0.39, 0.29) is 94.7 Å². The third-order valence-corrected chi connectivity index (χ3v) is 2.25. The standard InChI is InChI=1S/2Fe.2Na.3H2O8S2.H2O3S.H/c;;;;3*1-9(2,3)7-8-10(4,5)6;1-4(2)3;/h;;;;3*(H,1,2,3)(H,4,5,6);(H2,1,2,3);/q2*+3;2*+1;;;;;-1/p-7. The molecular formula is H2Fe2Na2O27S7. The second-order valence-corrected chi connectivity index (χ2v) is 9.22. The average molecular weight is 816 g/mol. The van der Waals surface area contributed by atoms with E-state index in [0.717, 1.165) is 0 Å². The summed E-state index contributed by atoms with van der Waals surface area (Å²) in [6, 6.07) is 0. The van der Waals surface area contributed by atoms with Gasteiger partial charge in [-0.2, -0.15) is 0 Å². The Labute approximate surface area is 282 Å². The Kier molecular flexibility index (Phi) is 40.5. The van der Waals surface area contributed by atoms with Crippen LogP contribution in [-0.4, -0.2) is 91.1 Å². The predicted molar refractivity (Wildman–Crippen MR) is 77.4 cm³/mol. The minimum atomic E-state index is -5.31. The van der Waals surface area contributed by atoms with Crippen LogP contribution >= 0.6 is 0 Å². The van der Waals surface area contributed by atoms with Crippen molar-refractivity contribution in [1.82, 2.24) is 0 Å². The average Bonchev–Trinajstić information content (AvgIpc) is 2.46. The van der Waals surface area contributed by atoms with E-state index in [0.29, 0.717) is 0 Å². The maximum Gasteiger partial charge on any atom is 3.00 e. The molecule has 0 bridgehead atoms. The topological polar surface area (TPSA) is 459 Å². The zero-order valence-electron chi connectivity index (χ0n) is 17.6. The summed E-state index contributed by atoms with van der Waals surface area (Å²) in [7, 11) is -31.9. The molecule has 0 aromatic heterocycles. The molecule has 1 unspecified atom stereocenters. The SMILES string of the molecule is O=S(=O)([O-])OOS(=O)(=O)[O-].O=S(=O)([O-])OOS(=O)(=O)[O-].O=S(=O)([O-])OOS(=O)(=O)[O-].O=S([O-])O.[Fe+3].[Fe+3].[H-].[Na+].[Na+]. The number of hydrogen-bond donors (Lipinski definition) is 1. The van der Waals surface area contributed by atoms with E-state index in [9.17, 15) is 77.8 Å². The van der Waals surface area contributed by atoms with Crippen LogP contribution in [0, 0.1) is 0 Å². The van der Waals surface area contributed by atoms with Gasteiger partial charge in [0.25, 0.3) is 0 Å². The van der Waals surface area contributed by atoms with Gasteiger partial charge in [-0.25, -0.2) is 54.7 Å². The zero-order valence-corrected chi connectivity index (χ0v) is 28.6. The summed E-state index contributed by atoms with van der Waals surface area (Å²) in [6.45, 7) is 0. The number of rotatable bonds is 9. The first-order valence-corrected chi connectivity index (χ1v) is 14.0. The van der Waals surface area contributed by atoms with Crippen LogP contribution in [0.5, 0.6) is 0 Å². The maximum absolute atomic E-state index is 9.37. The summed E-state index contributed by atoms with van der Waals surface area (Å²) in [6.07, 6.45) is 0. The summed E-state index contributed by atoms with van der Waals surface area (Å²) >= 11 is -2.86. The van der Waals surface area contributed by atoms with Crippen molar-refractivity contribution in [2.45, 2.75) is 0 Å². The van der Waals surface area contributed by atoms with Gasteiger partial charge in [0.2, 0.25) is 62.4 Å². The molecule has 27 nitrogen and oxygen atoms in total. The summed E-state index contributed by atoms with van der Waals surface area (Å²) in [5.41, 5.74) is 0. The fourth-order valence-electron chi connectivity index (χ4n) is 0.204. The molecule has 0 aromatic rings. The van der Waals surface area contributed by atoms with E-state index in [2.05, 4.69) is 26.0 Å². The second-order valence-electron chi connectivity index (χ2n) is 3.07. The van der Waals surface area contributed by atoms with E-state index in [1.54, 1.807) is 0 Å². The van der Waals surface area contributed by atoms with Gasteiger partial charge in [-0.15, -0.1) is 26.0 Å². The van der Waals surface area contributed by atoms with Gasteiger partial charge in [-0.3, -0.25) is 0 Å². The molecule has 0 saturated carbocycles. The van der Waals surface area contributed by atoms with Crippen LogP contribution in [0.2, 0.25) is 0 Å². The van der Waals surface area contributed by atoms with Crippen molar-refractivity contribution in [2.24, 2.45) is 0 Å². The molecule has 2 radical (unpaired) electrons. The number of hydrogen-bond acceptors (Lipinski definition) is 26. The van der Waals surface area contributed by atoms with Crippen molar-refractivity contribution in [3.05, 3.63) is 0 Å². The molecule has 0 heterocycles. The quantitative estimate of drug-likeness (QED) is 0.0563. The van der Waals surface area contributed by atoms with Crippen molar-refractivity contribution in [1.29, 1.82) is 0 Å². The molecule has 0 fully saturated rings. The van der Waals surface area contributed by atoms with Crippen LogP contribution in [0.25, 0.3) is 0 Å². The van der Waals surface area contributed by atoms with E-state index in [1.807, 2.05) is 0 Å². The van der Waals surface area contributed by atoms with Crippen LogP contribution in [0.15, 0.2) is 0 Å². The summed E-state index contributed by atoms with van der Waals surface area (Å²) in [5.74, 6) is 0. The van der Waals surface area contributed by atoms with Crippen LogP contribution in [0.1, 0.15) is 1.43 Å². The minimum Gasteiger partial charge on any atom is -1.00 e. The van der Waals surface area contributed by atoms with Gasteiger partial charge in [0.15, 0.2) is 0 Å². The Morgan fingerprint density at radius 1 is 0.447 bits per heavy atom. The molecular weight excluding hydrogens is 814 g/mol. The van der Waals surface area contributed by atoms with Gasteiger partial charge in [0.05, 0.1) is 11.4 Å². The molecule has 38 heavy (non-hydrogen) atoms. The van der Waals surface area contributed by atoms with Crippen molar-refractivity contribution in [2.75, 3.05) is 0 Å². The molecule has 0 saturated heterocycles. The molecule has 0 amide bonds. The predicted octanol–water partition coefficient (Wildman–Crippen LogP) is -13.0. The first kappa shape index (κ1) is 59.7. The van der Waals surface area contributed by atoms with E-state index in [4.69, 9.17) is 13.3 Å². The fraction of sp³-hybridized carbons (Fsp3) is 0. The van der Waals surface area contributed by atoms with Gasteiger partial charge in [0.1, 0.15) is 0 Å². The first-order valence-electron chi connectivity index (χ1n) is 5.02. The monoisotopic (exact) mass is 816 g/mol. The maximum atomic E-state index is 9.37. The first-order chi connectivity index (χ1) is 14.4. The summed E-state index contributed by atoms with van der Waals surface area (Å²) in [5, 5.41) is 0. The summed E-state index contributed by atoms with van der Waals surface area (Å²) < 4.78 is 208. The fourth-order valence-corrected chi connectivity index (χ4v) is 1.84. The molecule has 0 rings (SSSR count).